The molecular weight excluding hydrogens is 232 g/mol. The first kappa shape index (κ1) is 12.0. The molecular formula is C12H16N4S. The first-order chi connectivity index (χ1) is 8.29. The normalized spacial score (nSPS) is 12.4. The summed E-state index contributed by atoms with van der Waals surface area (Å²) in [5.41, 5.74) is 1.20. The van der Waals surface area contributed by atoms with Crippen molar-refractivity contribution in [2.45, 2.75) is 32.7 Å². The number of aryl methyl sites for hydroxylation is 1. The minimum absolute atomic E-state index is 0.223. The van der Waals surface area contributed by atoms with Crippen LogP contribution in [0.5, 0.6) is 0 Å². The third-order valence-corrected chi connectivity index (χ3v) is 3.17. The van der Waals surface area contributed by atoms with Crippen molar-refractivity contribution in [3.8, 4) is 0 Å². The molecule has 0 bridgehead atoms. The van der Waals surface area contributed by atoms with E-state index < -0.39 is 0 Å². The van der Waals surface area contributed by atoms with Gasteiger partial charge in [-0.1, -0.05) is 6.92 Å². The van der Waals surface area contributed by atoms with Gasteiger partial charge in [-0.05, 0) is 31.0 Å². The van der Waals surface area contributed by atoms with Crippen molar-refractivity contribution < 1.29 is 0 Å². The van der Waals surface area contributed by atoms with Crippen molar-refractivity contribution in [1.82, 2.24) is 14.3 Å². The topological polar surface area (TPSA) is 50.7 Å². The van der Waals surface area contributed by atoms with E-state index in [0.717, 1.165) is 23.8 Å². The Bertz CT molecular complexity index is 455. The molecule has 0 aliphatic heterocycles. The zero-order valence-electron chi connectivity index (χ0n) is 10.1. The average Bonchev–Trinajstić information content (AvgIpc) is 2.78. The molecule has 0 fully saturated rings. The second-order valence-corrected chi connectivity index (χ2v) is 4.66. The first-order valence-electron chi connectivity index (χ1n) is 5.78. The molecule has 2 rings (SSSR count). The molecule has 1 atom stereocenters. The largest absolute Gasteiger partial charge is 0.354 e. The summed E-state index contributed by atoms with van der Waals surface area (Å²) in [6.45, 7) is 4.24. The van der Waals surface area contributed by atoms with Crippen LogP contribution >= 0.6 is 11.5 Å². The molecule has 90 valence electrons. The van der Waals surface area contributed by atoms with E-state index in [2.05, 4.69) is 33.5 Å². The summed E-state index contributed by atoms with van der Waals surface area (Å²) in [7, 11) is 0. The fraction of sp³-hybridized carbons (Fsp3) is 0.417. The van der Waals surface area contributed by atoms with Gasteiger partial charge in [0.25, 0.3) is 0 Å². The second kappa shape index (κ2) is 5.72. The number of rotatable bonds is 5. The monoisotopic (exact) mass is 248 g/mol. The van der Waals surface area contributed by atoms with Crippen LogP contribution in [0.3, 0.4) is 0 Å². The Morgan fingerprint density at radius 3 is 2.82 bits per heavy atom. The summed E-state index contributed by atoms with van der Waals surface area (Å²) >= 11 is 1.42. The molecule has 0 aromatic carbocycles. The third kappa shape index (κ3) is 3.23. The summed E-state index contributed by atoms with van der Waals surface area (Å²) < 4.78 is 4.31. The van der Waals surface area contributed by atoms with Gasteiger partial charge in [0.2, 0.25) is 5.13 Å². The molecule has 1 unspecified atom stereocenters. The number of pyridine rings is 1. The standard InChI is InChI=1S/C12H16N4S/c1-3-4-11-15-12(17-16-11)14-9(2)10-5-7-13-8-6-10/h5-9H,3-4H2,1-2H3,(H,14,15,16). The predicted octanol–water partition coefficient (Wildman–Crippen LogP) is 3.06. The SMILES string of the molecule is CCCc1nsc(NC(C)c2ccncc2)n1. The van der Waals surface area contributed by atoms with Crippen molar-refractivity contribution in [2.75, 3.05) is 5.32 Å². The molecule has 0 spiro atoms. The molecule has 1 N–H and O–H groups in total. The van der Waals surface area contributed by atoms with Crippen LogP contribution in [-0.2, 0) is 6.42 Å². The molecule has 17 heavy (non-hydrogen) atoms. The van der Waals surface area contributed by atoms with Crippen molar-refractivity contribution in [1.29, 1.82) is 0 Å². The van der Waals surface area contributed by atoms with Crippen LogP contribution in [0.2, 0.25) is 0 Å². The zero-order valence-corrected chi connectivity index (χ0v) is 10.9. The van der Waals surface area contributed by atoms with Gasteiger partial charge in [-0.3, -0.25) is 4.98 Å². The smallest absolute Gasteiger partial charge is 0.203 e. The molecule has 0 amide bonds. The fourth-order valence-corrected chi connectivity index (χ4v) is 2.26. The molecule has 2 aromatic rings. The Morgan fingerprint density at radius 2 is 2.12 bits per heavy atom. The van der Waals surface area contributed by atoms with E-state index in [-0.39, 0.29) is 6.04 Å². The second-order valence-electron chi connectivity index (χ2n) is 3.91. The molecule has 0 radical (unpaired) electrons. The predicted molar refractivity (Wildman–Crippen MR) is 70.2 cm³/mol. The van der Waals surface area contributed by atoms with Crippen LogP contribution in [0.1, 0.15) is 37.7 Å². The van der Waals surface area contributed by atoms with Gasteiger partial charge in [-0.2, -0.15) is 4.37 Å². The summed E-state index contributed by atoms with van der Waals surface area (Å²) in [6.07, 6.45) is 5.63. The molecule has 0 saturated carbocycles. The minimum atomic E-state index is 0.223. The Kier molecular flexibility index (Phi) is 4.03. The maximum atomic E-state index is 4.45. The van der Waals surface area contributed by atoms with E-state index in [1.54, 1.807) is 12.4 Å². The fourth-order valence-electron chi connectivity index (χ4n) is 1.56. The van der Waals surface area contributed by atoms with Crippen LogP contribution in [0.25, 0.3) is 0 Å². The van der Waals surface area contributed by atoms with E-state index in [9.17, 15) is 0 Å². The van der Waals surface area contributed by atoms with Gasteiger partial charge >= 0.3 is 0 Å². The molecule has 2 aromatic heterocycles. The van der Waals surface area contributed by atoms with Crippen LogP contribution in [0.15, 0.2) is 24.5 Å². The lowest BCUT2D eigenvalue weighted by Crippen LogP contribution is -2.06. The maximum absolute atomic E-state index is 4.45. The zero-order chi connectivity index (χ0) is 12.1. The molecule has 5 heteroatoms. The molecule has 0 aliphatic carbocycles. The van der Waals surface area contributed by atoms with Gasteiger partial charge in [0.1, 0.15) is 5.82 Å². The first-order valence-corrected chi connectivity index (χ1v) is 6.56. The minimum Gasteiger partial charge on any atom is -0.354 e. The number of anilines is 1. The molecule has 4 nitrogen and oxygen atoms in total. The quantitative estimate of drug-likeness (QED) is 0.883. The van der Waals surface area contributed by atoms with Crippen LogP contribution in [-0.4, -0.2) is 14.3 Å². The Labute approximate surface area is 105 Å². The Morgan fingerprint density at radius 1 is 1.35 bits per heavy atom. The highest BCUT2D eigenvalue weighted by Crippen LogP contribution is 2.20. The van der Waals surface area contributed by atoms with Crippen LogP contribution < -0.4 is 5.32 Å². The highest BCUT2D eigenvalue weighted by Gasteiger charge is 2.08. The maximum Gasteiger partial charge on any atom is 0.203 e. The van der Waals surface area contributed by atoms with E-state index in [1.807, 2.05) is 12.1 Å². The Balaban J connectivity index is 2.00. The van der Waals surface area contributed by atoms with E-state index in [0.29, 0.717) is 0 Å². The lowest BCUT2D eigenvalue weighted by atomic mass is 10.1. The van der Waals surface area contributed by atoms with Crippen molar-refractivity contribution in [2.24, 2.45) is 0 Å². The van der Waals surface area contributed by atoms with E-state index >= 15 is 0 Å². The van der Waals surface area contributed by atoms with Gasteiger partial charge < -0.3 is 5.32 Å². The summed E-state index contributed by atoms with van der Waals surface area (Å²) in [5.74, 6) is 0.932. The average molecular weight is 248 g/mol. The molecule has 0 aliphatic rings. The van der Waals surface area contributed by atoms with Gasteiger partial charge in [-0.25, -0.2) is 4.98 Å². The highest BCUT2D eigenvalue weighted by molar-refractivity contribution is 7.09. The van der Waals surface area contributed by atoms with Gasteiger partial charge in [0.15, 0.2) is 0 Å². The number of hydrogen-bond acceptors (Lipinski definition) is 5. The van der Waals surface area contributed by atoms with E-state index in [4.69, 9.17) is 0 Å². The van der Waals surface area contributed by atoms with Crippen LogP contribution in [0.4, 0.5) is 5.13 Å². The summed E-state index contributed by atoms with van der Waals surface area (Å²) in [5, 5.41) is 4.24. The molecule has 0 saturated heterocycles. The van der Waals surface area contributed by atoms with Crippen LogP contribution in [0, 0.1) is 0 Å². The third-order valence-electron chi connectivity index (χ3n) is 2.49. The Hall–Kier alpha value is -1.49. The lowest BCUT2D eigenvalue weighted by Gasteiger charge is -2.11. The van der Waals surface area contributed by atoms with Crippen molar-refractivity contribution in [3.63, 3.8) is 0 Å². The van der Waals surface area contributed by atoms with Crippen molar-refractivity contribution >= 4 is 16.7 Å². The number of hydrogen-bond donors (Lipinski definition) is 1. The summed E-state index contributed by atoms with van der Waals surface area (Å²) in [4.78, 5) is 8.46. The number of aromatic nitrogens is 3. The molecule has 2 heterocycles. The van der Waals surface area contributed by atoms with Crippen molar-refractivity contribution in [3.05, 3.63) is 35.9 Å². The lowest BCUT2D eigenvalue weighted by molar-refractivity contribution is 0.847. The van der Waals surface area contributed by atoms with E-state index in [1.165, 1.54) is 17.1 Å². The number of nitrogens with one attached hydrogen (secondary N) is 1. The summed E-state index contributed by atoms with van der Waals surface area (Å²) in [6, 6.07) is 4.23. The van der Waals surface area contributed by atoms with Gasteiger partial charge in [0, 0.05) is 30.3 Å². The highest BCUT2D eigenvalue weighted by atomic mass is 32.1. The van der Waals surface area contributed by atoms with Gasteiger partial charge in [-0.15, -0.1) is 0 Å². The number of nitrogens with zero attached hydrogens (tertiary/aromatic N) is 3. The van der Waals surface area contributed by atoms with Gasteiger partial charge in [0.05, 0.1) is 6.04 Å².